The lowest BCUT2D eigenvalue weighted by molar-refractivity contribution is -0.111. The summed E-state index contributed by atoms with van der Waals surface area (Å²) in [6, 6.07) is 16.9. The lowest BCUT2D eigenvalue weighted by Gasteiger charge is -2.00. The average Bonchev–Trinajstić information content (AvgIpc) is 2.96. The van der Waals surface area contributed by atoms with Crippen LogP contribution in [-0.2, 0) is 17.6 Å². The second-order valence-electron chi connectivity index (χ2n) is 5.99. The monoisotopic (exact) mass is 334 g/mol. The van der Waals surface area contributed by atoms with E-state index in [1.54, 1.807) is 11.8 Å². The second-order valence-corrected chi connectivity index (χ2v) is 7.00. The van der Waals surface area contributed by atoms with Crippen LogP contribution < -0.4 is 0 Å². The van der Waals surface area contributed by atoms with E-state index < -0.39 is 0 Å². The largest absolute Gasteiger partial charge is 0.288 e. The van der Waals surface area contributed by atoms with Crippen molar-refractivity contribution < 1.29 is 4.79 Å². The van der Waals surface area contributed by atoms with Crippen molar-refractivity contribution in [2.24, 2.45) is 0 Å². The van der Waals surface area contributed by atoms with Crippen molar-refractivity contribution in [3.63, 3.8) is 0 Å². The van der Waals surface area contributed by atoms with Gasteiger partial charge in [-0.2, -0.15) is 0 Å². The van der Waals surface area contributed by atoms with E-state index in [9.17, 15) is 4.79 Å². The molecule has 2 heteroatoms. The number of thioether (sulfide) groups is 1. The molecule has 0 bridgehead atoms. The molecule has 0 amide bonds. The molecule has 0 spiro atoms. The normalized spacial score (nSPS) is 17.8. The Morgan fingerprint density at radius 3 is 1.83 bits per heavy atom. The number of Topliss-reactive ketones (excluding diaryl/α,β-unsaturated/α-hetero) is 1. The van der Waals surface area contributed by atoms with Gasteiger partial charge in [0.05, 0.1) is 4.91 Å². The SMILES string of the molecule is CCc1ccc(C=C2CSC(=Cc3ccc(CC)cc3)C2=O)cc1. The Kier molecular flexibility index (Phi) is 5.37. The van der Waals surface area contributed by atoms with Gasteiger partial charge >= 0.3 is 0 Å². The van der Waals surface area contributed by atoms with Gasteiger partial charge in [-0.15, -0.1) is 11.8 Å². The predicted molar refractivity (Wildman–Crippen MR) is 105 cm³/mol. The first-order valence-corrected chi connectivity index (χ1v) is 9.45. The summed E-state index contributed by atoms with van der Waals surface area (Å²) in [4.78, 5) is 13.4. The highest BCUT2D eigenvalue weighted by molar-refractivity contribution is 8.05. The fourth-order valence-corrected chi connectivity index (χ4v) is 3.72. The molecule has 0 atom stereocenters. The highest BCUT2D eigenvalue weighted by Crippen LogP contribution is 2.34. The predicted octanol–water partition coefficient (Wildman–Crippen LogP) is 5.55. The number of ketones is 1. The summed E-state index contributed by atoms with van der Waals surface area (Å²) < 4.78 is 0. The lowest BCUT2D eigenvalue weighted by Crippen LogP contribution is -1.96. The molecule has 24 heavy (non-hydrogen) atoms. The zero-order valence-electron chi connectivity index (χ0n) is 14.2. The third-order valence-electron chi connectivity index (χ3n) is 4.31. The van der Waals surface area contributed by atoms with Gasteiger partial charge in [-0.1, -0.05) is 62.4 Å². The summed E-state index contributed by atoms with van der Waals surface area (Å²) in [5.74, 6) is 0.923. The van der Waals surface area contributed by atoms with Crippen LogP contribution in [0.2, 0.25) is 0 Å². The van der Waals surface area contributed by atoms with E-state index in [4.69, 9.17) is 0 Å². The maximum Gasteiger partial charge on any atom is 0.196 e. The Morgan fingerprint density at radius 2 is 1.33 bits per heavy atom. The van der Waals surface area contributed by atoms with E-state index >= 15 is 0 Å². The van der Waals surface area contributed by atoms with Gasteiger partial charge in [0, 0.05) is 11.3 Å². The van der Waals surface area contributed by atoms with Crippen LogP contribution in [0.25, 0.3) is 12.2 Å². The molecule has 0 unspecified atom stereocenters. The van der Waals surface area contributed by atoms with E-state index in [2.05, 4.69) is 62.4 Å². The van der Waals surface area contributed by atoms with E-state index in [-0.39, 0.29) is 5.78 Å². The van der Waals surface area contributed by atoms with Crippen LogP contribution in [0.5, 0.6) is 0 Å². The fraction of sp³-hybridized carbons (Fsp3) is 0.227. The average molecular weight is 334 g/mol. The summed E-state index contributed by atoms with van der Waals surface area (Å²) >= 11 is 1.63. The first-order valence-electron chi connectivity index (χ1n) is 8.47. The Bertz CT molecular complexity index is 712. The highest BCUT2D eigenvalue weighted by Gasteiger charge is 2.23. The Hall–Kier alpha value is -2.06. The highest BCUT2D eigenvalue weighted by atomic mass is 32.2. The number of hydrogen-bond acceptors (Lipinski definition) is 2. The molecule has 0 radical (unpaired) electrons. The van der Waals surface area contributed by atoms with Crippen molar-refractivity contribution in [2.45, 2.75) is 26.7 Å². The molecule has 0 aliphatic carbocycles. The van der Waals surface area contributed by atoms with E-state index in [1.165, 1.54) is 11.1 Å². The Balaban J connectivity index is 1.78. The standard InChI is InChI=1S/C22H22OS/c1-3-16-5-9-18(10-6-16)13-20-15-24-21(22(20)23)14-19-11-7-17(4-2)8-12-19/h5-14H,3-4,15H2,1-2H3. The van der Waals surface area contributed by atoms with Crippen LogP contribution in [0.15, 0.2) is 59.0 Å². The molecule has 2 aromatic carbocycles. The molecule has 3 rings (SSSR count). The van der Waals surface area contributed by atoms with Gasteiger partial charge in [0.2, 0.25) is 0 Å². The number of aryl methyl sites for hydroxylation is 2. The molecule has 0 aromatic heterocycles. The number of benzene rings is 2. The van der Waals surface area contributed by atoms with Crippen LogP contribution in [0.4, 0.5) is 0 Å². The van der Waals surface area contributed by atoms with E-state index in [0.29, 0.717) is 0 Å². The zero-order valence-corrected chi connectivity index (χ0v) is 15.0. The summed E-state index contributed by atoms with van der Waals surface area (Å²) in [5, 5.41) is 0. The summed E-state index contributed by atoms with van der Waals surface area (Å²) in [5.41, 5.74) is 5.72. The van der Waals surface area contributed by atoms with E-state index in [0.717, 1.165) is 40.2 Å². The molecular weight excluding hydrogens is 312 g/mol. The fourth-order valence-electron chi connectivity index (χ4n) is 2.71. The quantitative estimate of drug-likeness (QED) is 0.682. The van der Waals surface area contributed by atoms with Crippen LogP contribution in [0, 0.1) is 0 Å². The van der Waals surface area contributed by atoms with Crippen molar-refractivity contribution in [3.05, 3.63) is 81.3 Å². The van der Waals surface area contributed by atoms with Gasteiger partial charge < -0.3 is 0 Å². The van der Waals surface area contributed by atoms with Crippen molar-refractivity contribution in [1.82, 2.24) is 0 Å². The number of carbonyl (C=O) groups excluding carboxylic acids is 1. The minimum atomic E-state index is 0.166. The number of rotatable bonds is 4. The number of carbonyl (C=O) groups is 1. The molecule has 0 N–H and O–H groups in total. The van der Waals surface area contributed by atoms with Crippen LogP contribution >= 0.6 is 11.8 Å². The Labute approximate surface area is 148 Å². The van der Waals surface area contributed by atoms with Crippen LogP contribution in [-0.4, -0.2) is 11.5 Å². The minimum absolute atomic E-state index is 0.166. The Morgan fingerprint density at radius 1 is 0.833 bits per heavy atom. The van der Waals surface area contributed by atoms with Crippen molar-refractivity contribution in [3.8, 4) is 0 Å². The topological polar surface area (TPSA) is 17.1 Å². The maximum absolute atomic E-state index is 12.6. The molecule has 0 saturated carbocycles. The van der Waals surface area contributed by atoms with Crippen LogP contribution in [0.3, 0.4) is 0 Å². The minimum Gasteiger partial charge on any atom is -0.288 e. The third-order valence-corrected chi connectivity index (χ3v) is 5.38. The third kappa shape index (κ3) is 3.88. The van der Waals surface area contributed by atoms with Crippen molar-refractivity contribution in [2.75, 3.05) is 5.75 Å². The van der Waals surface area contributed by atoms with Crippen LogP contribution in [0.1, 0.15) is 36.1 Å². The number of allylic oxidation sites excluding steroid dienone is 1. The zero-order chi connectivity index (χ0) is 16.9. The van der Waals surface area contributed by atoms with Gasteiger partial charge in [-0.25, -0.2) is 0 Å². The van der Waals surface area contributed by atoms with Gasteiger partial charge in [-0.3, -0.25) is 4.79 Å². The number of hydrogen-bond donors (Lipinski definition) is 0. The molecular formula is C22H22OS. The summed E-state index contributed by atoms with van der Waals surface area (Å²) in [7, 11) is 0. The maximum atomic E-state index is 12.6. The van der Waals surface area contributed by atoms with Gasteiger partial charge in [0.15, 0.2) is 5.78 Å². The molecule has 1 aliphatic rings. The first kappa shape index (κ1) is 16.8. The van der Waals surface area contributed by atoms with Crippen molar-refractivity contribution in [1.29, 1.82) is 0 Å². The molecule has 2 aromatic rings. The van der Waals surface area contributed by atoms with Gasteiger partial charge in [0.25, 0.3) is 0 Å². The second kappa shape index (κ2) is 7.67. The van der Waals surface area contributed by atoms with Gasteiger partial charge in [0.1, 0.15) is 0 Å². The molecule has 1 nitrogen and oxygen atoms in total. The molecule has 1 fully saturated rings. The van der Waals surface area contributed by atoms with Crippen molar-refractivity contribution >= 4 is 29.7 Å². The molecule has 122 valence electrons. The molecule has 1 heterocycles. The molecule has 1 aliphatic heterocycles. The summed E-state index contributed by atoms with van der Waals surface area (Å²) in [6.45, 7) is 4.29. The van der Waals surface area contributed by atoms with Gasteiger partial charge in [-0.05, 0) is 47.2 Å². The summed E-state index contributed by atoms with van der Waals surface area (Å²) in [6.07, 6.45) is 6.10. The first-order chi connectivity index (χ1) is 11.7. The molecule has 1 saturated heterocycles. The lowest BCUT2D eigenvalue weighted by atomic mass is 10.0. The smallest absolute Gasteiger partial charge is 0.196 e. The van der Waals surface area contributed by atoms with E-state index in [1.807, 2.05) is 12.2 Å².